The van der Waals surface area contributed by atoms with E-state index in [1.54, 1.807) is 23.6 Å². The Morgan fingerprint density at radius 3 is 2.68 bits per heavy atom. The molecule has 1 radical (unpaired) electrons. The van der Waals surface area contributed by atoms with Crippen LogP contribution in [0.5, 0.6) is 0 Å². The van der Waals surface area contributed by atoms with Gasteiger partial charge in [-0.15, -0.1) is 19.7 Å². The molecule has 1 rings (SSSR count). The minimum absolute atomic E-state index is 0. The van der Waals surface area contributed by atoms with Gasteiger partial charge in [0.2, 0.25) is 11.8 Å². The average Bonchev–Trinajstić information content (AvgIpc) is 2.84. The third-order valence-corrected chi connectivity index (χ3v) is 2.99. The molecule has 0 aromatic rings. The van der Waals surface area contributed by atoms with Gasteiger partial charge in [-0.1, -0.05) is 6.08 Å². The van der Waals surface area contributed by atoms with Crippen molar-refractivity contribution in [3.63, 3.8) is 0 Å². The summed E-state index contributed by atoms with van der Waals surface area (Å²) in [5.74, 6) is -0.122. The van der Waals surface area contributed by atoms with Gasteiger partial charge in [0.15, 0.2) is 0 Å². The molecule has 0 bridgehead atoms. The number of nitrogens with zero attached hydrogens (tertiary/aromatic N) is 2. The first-order valence-corrected chi connectivity index (χ1v) is 6.11. The molecular formula is C14H20N2O2Y-2. The van der Waals surface area contributed by atoms with Crippen molar-refractivity contribution in [1.82, 2.24) is 9.80 Å². The maximum absolute atomic E-state index is 12.3. The summed E-state index contributed by atoms with van der Waals surface area (Å²) >= 11 is 0. The van der Waals surface area contributed by atoms with E-state index >= 15 is 0 Å². The number of likely N-dealkylation sites (tertiary alicyclic amines) is 1. The third-order valence-electron chi connectivity index (χ3n) is 2.99. The number of carbonyl (C=O) groups is 2. The van der Waals surface area contributed by atoms with Crippen LogP contribution in [-0.4, -0.2) is 40.7 Å². The Bertz CT molecular complexity index is 344. The van der Waals surface area contributed by atoms with Gasteiger partial charge in [0, 0.05) is 45.7 Å². The minimum Gasteiger partial charge on any atom is -0.425 e. The molecule has 0 saturated carbocycles. The Labute approximate surface area is 140 Å². The van der Waals surface area contributed by atoms with Crippen LogP contribution in [0.2, 0.25) is 0 Å². The van der Waals surface area contributed by atoms with Crippen molar-refractivity contribution >= 4 is 11.8 Å². The normalized spacial score (nSPS) is 17.3. The molecule has 5 heteroatoms. The molecule has 1 aliphatic rings. The Kier molecular flexibility index (Phi) is 9.02. The number of carbonyl (C=O) groups excluding carboxylic acids is 2. The number of rotatable bonds is 6. The van der Waals surface area contributed by atoms with Crippen molar-refractivity contribution in [2.45, 2.75) is 25.3 Å². The fourth-order valence-corrected chi connectivity index (χ4v) is 2.14. The summed E-state index contributed by atoms with van der Waals surface area (Å²) in [6, 6.07) is -0.365. The molecule has 0 aromatic heterocycles. The van der Waals surface area contributed by atoms with Gasteiger partial charge in [0.25, 0.3) is 0 Å². The SMILES string of the molecule is C=C[CH-]N(C[CH2-])C(=O)[C@H]1CCCN1C(=O)CC=C.[Y]. The monoisotopic (exact) mass is 337 g/mol. The first-order chi connectivity index (χ1) is 8.65. The molecule has 103 valence electrons. The van der Waals surface area contributed by atoms with Gasteiger partial charge >= 0.3 is 0 Å². The number of amides is 2. The Morgan fingerprint density at radius 1 is 1.47 bits per heavy atom. The number of hydrogen-bond acceptors (Lipinski definition) is 2. The minimum atomic E-state index is -0.365. The van der Waals surface area contributed by atoms with Gasteiger partial charge in [-0.25, -0.2) is 12.7 Å². The molecule has 2 amide bonds. The Hall–Kier alpha value is -0.606. The zero-order valence-corrected chi connectivity index (χ0v) is 14.1. The molecule has 1 fully saturated rings. The third kappa shape index (κ3) is 4.77. The average molecular weight is 337 g/mol. The fraction of sp³-hybridized carbons (Fsp3) is 0.429. The zero-order chi connectivity index (χ0) is 13.5. The van der Waals surface area contributed by atoms with E-state index in [9.17, 15) is 9.59 Å². The van der Waals surface area contributed by atoms with Crippen LogP contribution >= 0.6 is 0 Å². The molecule has 0 N–H and O–H groups in total. The fourth-order valence-electron chi connectivity index (χ4n) is 2.14. The quantitative estimate of drug-likeness (QED) is 0.545. The molecule has 1 aliphatic heterocycles. The van der Waals surface area contributed by atoms with Crippen LogP contribution in [0.15, 0.2) is 25.3 Å². The molecule has 0 aromatic carbocycles. The van der Waals surface area contributed by atoms with Crippen LogP contribution < -0.4 is 0 Å². The topological polar surface area (TPSA) is 40.6 Å². The van der Waals surface area contributed by atoms with Crippen molar-refractivity contribution in [3.05, 3.63) is 38.8 Å². The summed E-state index contributed by atoms with van der Waals surface area (Å²) in [6.07, 6.45) is 4.96. The van der Waals surface area contributed by atoms with Crippen LogP contribution in [0.4, 0.5) is 0 Å². The smallest absolute Gasteiger partial charge is 0.231 e. The van der Waals surface area contributed by atoms with E-state index in [4.69, 9.17) is 0 Å². The van der Waals surface area contributed by atoms with Crippen molar-refractivity contribution in [2.75, 3.05) is 13.1 Å². The van der Waals surface area contributed by atoms with Gasteiger partial charge in [-0.05, 0) is 12.8 Å². The molecular weight excluding hydrogens is 317 g/mol. The van der Waals surface area contributed by atoms with Gasteiger partial charge < -0.3 is 16.7 Å². The summed E-state index contributed by atoms with van der Waals surface area (Å²) in [6.45, 7) is 13.4. The van der Waals surface area contributed by atoms with Crippen molar-refractivity contribution in [2.24, 2.45) is 0 Å². The van der Waals surface area contributed by atoms with Crippen LogP contribution in [0.3, 0.4) is 0 Å². The van der Waals surface area contributed by atoms with Gasteiger partial charge in [0.05, 0.1) is 0 Å². The standard InChI is InChI=1S/C14H20N2O2.Y/c1-4-8-13(17)16-11-7-9-12(16)14(18)15(6-3)10-5-2;/h4-5,10,12H,1-3,6-9,11H2;/q-2;/t12-;/m1./s1. The molecule has 1 saturated heterocycles. The largest absolute Gasteiger partial charge is 0.425 e. The van der Waals surface area contributed by atoms with Crippen LogP contribution in [0.1, 0.15) is 19.3 Å². The van der Waals surface area contributed by atoms with Gasteiger partial charge in [0.1, 0.15) is 6.04 Å². The van der Waals surface area contributed by atoms with E-state index in [1.165, 1.54) is 4.90 Å². The van der Waals surface area contributed by atoms with Crippen LogP contribution in [0, 0.1) is 13.5 Å². The summed E-state index contributed by atoms with van der Waals surface area (Å²) < 4.78 is 0. The predicted octanol–water partition coefficient (Wildman–Crippen LogP) is 1.56. The number of hydrogen-bond donors (Lipinski definition) is 0. The second-order valence-electron chi connectivity index (χ2n) is 4.15. The molecule has 19 heavy (non-hydrogen) atoms. The van der Waals surface area contributed by atoms with E-state index in [0.717, 1.165) is 6.42 Å². The predicted molar refractivity (Wildman–Crippen MR) is 71.1 cm³/mol. The van der Waals surface area contributed by atoms with E-state index in [-0.39, 0.29) is 57.0 Å². The zero-order valence-electron chi connectivity index (χ0n) is 11.3. The molecule has 1 heterocycles. The first kappa shape index (κ1) is 18.4. The van der Waals surface area contributed by atoms with E-state index in [0.29, 0.717) is 19.5 Å². The molecule has 0 aliphatic carbocycles. The Morgan fingerprint density at radius 2 is 2.16 bits per heavy atom. The summed E-state index contributed by atoms with van der Waals surface area (Å²) in [5.41, 5.74) is 0. The molecule has 4 nitrogen and oxygen atoms in total. The second kappa shape index (κ2) is 9.32. The van der Waals surface area contributed by atoms with E-state index in [2.05, 4.69) is 20.1 Å². The van der Waals surface area contributed by atoms with E-state index < -0.39 is 0 Å². The second-order valence-corrected chi connectivity index (χ2v) is 4.15. The van der Waals surface area contributed by atoms with Crippen LogP contribution in [-0.2, 0) is 42.3 Å². The molecule has 0 spiro atoms. The summed E-state index contributed by atoms with van der Waals surface area (Å²) in [5, 5.41) is 0. The summed E-state index contributed by atoms with van der Waals surface area (Å²) in [7, 11) is 0. The van der Waals surface area contributed by atoms with Crippen molar-refractivity contribution in [1.29, 1.82) is 0 Å². The van der Waals surface area contributed by atoms with Crippen molar-refractivity contribution < 1.29 is 42.3 Å². The van der Waals surface area contributed by atoms with Gasteiger partial charge in [-0.3, -0.25) is 9.59 Å². The Balaban J connectivity index is 0.00000324. The van der Waals surface area contributed by atoms with Gasteiger partial charge in [-0.2, -0.15) is 0 Å². The van der Waals surface area contributed by atoms with Crippen LogP contribution in [0.25, 0.3) is 0 Å². The maximum atomic E-state index is 12.3. The summed E-state index contributed by atoms with van der Waals surface area (Å²) in [4.78, 5) is 27.3. The molecule has 1 atom stereocenters. The molecule has 0 unspecified atom stereocenters. The van der Waals surface area contributed by atoms with Crippen molar-refractivity contribution in [3.8, 4) is 0 Å². The maximum Gasteiger partial charge on any atom is 0.231 e. The first-order valence-electron chi connectivity index (χ1n) is 6.11. The van der Waals surface area contributed by atoms with E-state index in [1.807, 2.05) is 0 Å².